The van der Waals surface area contributed by atoms with Crippen molar-refractivity contribution in [2.75, 3.05) is 12.3 Å². The third-order valence-electron chi connectivity index (χ3n) is 4.71. The van der Waals surface area contributed by atoms with Crippen LogP contribution in [-0.4, -0.2) is 64.2 Å². The summed E-state index contributed by atoms with van der Waals surface area (Å²) in [6.07, 6.45) is 2.92. The molecule has 4 heterocycles. The number of aliphatic hydroxyl groups is 3. The van der Waals surface area contributed by atoms with Crippen molar-refractivity contribution in [3.05, 3.63) is 31.0 Å². The Hall–Kier alpha value is -2.66. The van der Waals surface area contributed by atoms with E-state index in [0.717, 1.165) is 0 Å². The molecule has 4 rings (SSSR count). The lowest BCUT2D eigenvalue weighted by Gasteiger charge is -2.25. The maximum Gasteiger partial charge on any atom is 0.164 e. The third kappa shape index (κ3) is 2.35. The molecule has 3 aromatic rings. The van der Waals surface area contributed by atoms with Crippen LogP contribution in [0.25, 0.3) is 22.4 Å². The lowest BCUT2D eigenvalue weighted by atomic mass is 9.95. The van der Waals surface area contributed by atoms with Gasteiger partial charge in [-0.05, 0) is 13.0 Å². The smallest absolute Gasteiger partial charge is 0.164 e. The van der Waals surface area contributed by atoms with Gasteiger partial charge in [0.05, 0.1) is 17.6 Å². The van der Waals surface area contributed by atoms with Crippen molar-refractivity contribution in [3.63, 3.8) is 0 Å². The Kier molecular flexibility index (Phi) is 3.84. The van der Waals surface area contributed by atoms with Gasteiger partial charge < -0.3 is 30.4 Å². The van der Waals surface area contributed by atoms with Gasteiger partial charge in [-0.3, -0.25) is 0 Å². The van der Waals surface area contributed by atoms with Crippen LogP contribution < -0.4 is 5.73 Å². The first-order valence-corrected chi connectivity index (χ1v) is 8.00. The molecule has 0 aromatic carbocycles. The molecule has 1 aliphatic heterocycles. The largest absolute Gasteiger partial charge is 0.394 e. The summed E-state index contributed by atoms with van der Waals surface area (Å²) in [5, 5.41) is 31.0. The number of hydrogen-bond donors (Lipinski definition) is 4. The van der Waals surface area contributed by atoms with Crippen LogP contribution in [0.1, 0.15) is 13.2 Å². The minimum absolute atomic E-state index is 0.231. The fourth-order valence-corrected chi connectivity index (χ4v) is 3.22. The van der Waals surface area contributed by atoms with Crippen LogP contribution in [0.2, 0.25) is 0 Å². The van der Waals surface area contributed by atoms with E-state index < -0.39 is 30.6 Å². The van der Waals surface area contributed by atoms with Gasteiger partial charge in [0, 0.05) is 18.6 Å². The zero-order valence-electron chi connectivity index (χ0n) is 13.9. The normalized spacial score (nSPS) is 28.7. The first-order chi connectivity index (χ1) is 12.4. The van der Waals surface area contributed by atoms with Crippen LogP contribution in [-0.2, 0) is 4.74 Å². The van der Waals surface area contributed by atoms with Crippen LogP contribution in [0.4, 0.5) is 5.82 Å². The highest BCUT2D eigenvalue weighted by molar-refractivity contribution is 5.99. The summed E-state index contributed by atoms with van der Waals surface area (Å²) in [4.78, 5) is 16.7. The van der Waals surface area contributed by atoms with Crippen molar-refractivity contribution >= 4 is 16.9 Å². The standard InChI is InChI=1S/C16H18N6O4/c1-16(25)9(6-23)26-15(11(16)24)22-5-8(13-18-3-2-4-19-13)10-12(17)20-7-21-14(10)22/h2-5,7,9,11,15,23-25H,6H2,1H3,(H2,17,20,21). The Morgan fingerprint density at radius 2 is 2.00 bits per heavy atom. The molecule has 136 valence electrons. The minimum Gasteiger partial charge on any atom is -0.394 e. The molecule has 4 atom stereocenters. The van der Waals surface area contributed by atoms with Crippen LogP contribution in [0.15, 0.2) is 31.0 Å². The molecule has 0 amide bonds. The highest BCUT2D eigenvalue weighted by atomic mass is 16.6. The van der Waals surface area contributed by atoms with Gasteiger partial charge >= 0.3 is 0 Å². The number of hydrogen-bond acceptors (Lipinski definition) is 9. The molecule has 10 heteroatoms. The number of nitrogen functional groups attached to an aromatic ring is 1. The molecule has 3 aromatic heterocycles. The van der Waals surface area contributed by atoms with Crippen molar-refractivity contribution < 1.29 is 20.1 Å². The summed E-state index contributed by atoms with van der Waals surface area (Å²) in [6, 6.07) is 1.69. The summed E-state index contributed by atoms with van der Waals surface area (Å²) in [5.74, 6) is 0.643. The molecular weight excluding hydrogens is 340 g/mol. The minimum atomic E-state index is -1.63. The van der Waals surface area contributed by atoms with Crippen LogP contribution in [0, 0.1) is 0 Å². The van der Waals surface area contributed by atoms with Gasteiger partial charge in [-0.15, -0.1) is 0 Å². The van der Waals surface area contributed by atoms with E-state index in [1.54, 1.807) is 29.2 Å². The van der Waals surface area contributed by atoms with E-state index >= 15 is 0 Å². The van der Waals surface area contributed by atoms with Gasteiger partial charge in [0.2, 0.25) is 0 Å². The number of aliphatic hydroxyl groups excluding tert-OH is 2. The second-order valence-electron chi connectivity index (χ2n) is 6.35. The van der Waals surface area contributed by atoms with Gasteiger partial charge in [0.15, 0.2) is 12.1 Å². The average Bonchev–Trinajstić information content (AvgIpc) is 3.13. The number of rotatable bonds is 3. The second kappa shape index (κ2) is 5.95. The molecule has 1 aliphatic rings. The van der Waals surface area contributed by atoms with Crippen LogP contribution in [0.5, 0.6) is 0 Å². The summed E-state index contributed by atoms with van der Waals surface area (Å²) in [7, 11) is 0. The van der Waals surface area contributed by atoms with Crippen molar-refractivity contribution in [3.8, 4) is 11.4 Å². The number of aromatic nitrogens is 5. The predicted molar refractivity (Wildman–Crippen MR) is 90.6 cm³/mol. The summed E-state index contributed by atoms with van der Waals surface area (Å²) in [6.45, 7) is 0.973. The molecule has 0 aliphatic carbocycles. The molecule has 1 fully saturated rings. The molecule has 1 saturated heterocycles. The molecule has 26 heavy (non-hydrogen) atoms. The van der Waals surface area contributed by atoms with Crippen LogP contribution in [0.3, 0.4) is 0 Å². The van der Waals surface area contributed by atoms with Gasteiger partial charge in [-0.1, -0.05) is 0 Å². The maximum atomic E-state index is 10.6. The predicted octanol–water partition coefficient (Wildman–Crippen LogP) is -0.528. The molecule has 5 N–H and O–H groups in total. The number of fused-ring (bicyclic) bond motifs is 1. The molecule has 0 saturated carbocycles. The number of ether oxygens (including phenoxy) is 1. The Morgan fingerprint density at radius 1 is 1.27 bits per heavy atom. The Balaban J connectivity index is 1.91. The van der Waals surface area contributed by atoms with Gasteiger partial charge in [-0.25, -0.2) is 19.9 Å². The van der Waals surface area contributed by atoms with E-state index in [1.807, 2.05) is 0 Å². The number of nitrogens with two attached hydrogens (primary N) is 1. The molecule has 0 spiro atoms. The fourth-order valence-electron chi connectivity index (χ4n) is 3.22. The average molecular weight is 358 g/mol. The highest BCUT2D eigenvalue weighted by Crippen LogP contribution is 2.40. The van der Waals surface area contributed by atoms with E-state index in [4.69, 9.17) is 10.5 Å². The molecule has 10 nitrogen and oxygen atoms in total. The van der Waals surface area contributed by atoms with Crippen molar-refractivity contribution in [2.45, 2.75) is 31.0 Å². The van der Waals surface area contributed by atoms with Gasteiger partial charge in [0.1, 0.15) is 35.6 Å². The van der Waals surface area contributed by atoms with E-state index in [1.165, 1.54) is 13.3 Å². The first-order valence-electron chi connectivity index (χ1n) is 8.00. The van der Waals surface area contributed by atoms with Crippen molar-refractivity contribution in [1.82, 2.24) is 24.5 Å². The third-order valence-corrected chi connectivity index (χ3v) is 4.71. The summed E-state index contributed by atoms with van der Waals surface area (Å²) >= 11 is 0. The molecule has 0 radical (unpaired) electrons. The fraction of sp³-hybridized carbons (Fsp3) is 0.375. The summed E-state index contributed by atoms with van der Waals surface area (Å²) in [5.41, 5.74) is 5.38. The topological polar surface area (TPSA) is 152 Å². The van der Waals surface area contributed by atoms with Gasteiger partial charge in [-0.2, -0.15) is 0 Å². The van der Waals surface area contributed by atoms with Crippen LogP contribution >= 0.6 is 0 Å². The zero-order chi connectivity index (χ0) is 18.5. The number of nitrogens with zero attached hydrogens (tertiary/aromatic N) is 5. The lowest BCUT2D eigenvalue weighted by Crippen LogP contribution is -2.46. The first kappa shape index (κ1) is 16.8. The van der Waals surface area contributed by atoms with Crippen molar-refractivity contribution in [1.29, 1.82) is 0 Å². The number of anilines is 1. The Labute approximate surface area is 147 Å². The SMILES string of the molecule is CC1(O)C(CO)OC(n2cc(-c3ncccn3)c3c(N)ncnc32)C1O. The van der Waals surface area contributed by atoms with Crippen molar-refractivity contribution in [2.24, 2.45) is 0 Å². The monoisotopic (exact) mass is 358 g/mol. The summed E-state index contributed by atoms with van der Waals surface area (Å²) < 4.78 is 7.24. The second-order valence-corrected chi connectivity index (χ2v) is 6.35. The highest BCUT2D eigenvalue weighted by Gasteiger charge is 2.53. The maximum absolute atomic E-state index is 10.6. The van der Waals surface area contributed by atoms with E-state index in [9.17, 15) is 15.3 Å². The Bertz CT molecular complexity index is 945. The van der Waals surface area contributed by atoms with E-state index in [-0.39, 0.29) is 5.82 Å². The Morgan fingerprint density at radius 3 is 2.65 bits per heavy atom. The van der Waals surface area contributed by atoms with E-state index in [0.29, 0.717) is 22.4 Å². The molecule has 0 bridgehead atoms. The molecule has 4 unspecified atom stereocenters. The van der Waals surface area contributed by atoms with Gasteiger partial charge in [0.25, 0.3) is 0 Å². The quantitative estimate of drug-likeness (QED) is 0.484. The lowest BCUT2D eigenvalue weighted by molar-refractivity contribution is -0.0804. The molecular formula is C16H18N6O4. The zero-order valence-corrected chi connectivity index (χ0v) is 13.9. The van der Waals surface area contributed by atoms with E-state index in [2.05, 4.69) is 19.9 Å².